The summed E-state index contributed by atoms with van der Waals surface area (Å²) in [6.45, 7) is 4.65. The van der Waals surface area contributed by atoms with Crippen LogP contribution in [-0.2, 0) is 11.3 Å². The number of hydrogen-bond donors (Lipinski definition) is 2. The Morgan fingerprint density at radius 2 is 1.52 bits per heavy atom. The van der Waals surface area contributed by atoms with Crippen molar-refractivity contribution in [1.82, 2.24) is 9.80 Å². The van der Waals surface area contributed by atoms with Crippen molar-refractivity contribution < 1.29 is 9.59 Å². The first-order valence-electron chi connectivity index (χ1n) is 10.8. The van der Waals surface area contributed by atoms with Gasteiger partial charge in [0.05, 0.1) is 23.1 Å². The number of carbonyl (C=O) groups excluding carboxylic acids is 2. The number of carbonyl (C=O) groups is 2. The number of benzene rings is 2. The van der Waals surface area contributed by atoms with Crippen molar-refractivity contribution in [3.8, 4) is 6.07 Å². The zero-order valence-corrected chi connectivity index (χ0v) is 19.0. The summed E-state index contributed by atoms with van der Waals surface area (Å²) in [5.41, 5.74) is 3.25. The number of piperazine rings is 1. The van der Waals surface area contributed by atoms with Crippen LogP contribution in [0.2, 0.25) is 0 Å². The van der Waals surface area contributed by atoms with Gasteiger partial charge in [-0.15, -0.1) is 11.3 Å². The summed E-state index contributed by atoms with van der Waals surface area (Å²) in [7, 11) is 0. The molecule has 1 aliphatic heterocycles. The predicted octanol–water partition coefficient (Wildman–Crippen LogP) is 3.63. The van der Waals surface area contributed by atoms with Gasteiger partial charge in [0, 0.05) is 44.1 Å². The van der Waals surface area contributed by atoms with Gasteiger partial charge in [0.25, 0.3) is 5.91 Å². The minimum Gasteiger partial charge on any atom is -0.325 e. The van der Waals surface area contributed by atoms with E-state index in [1.54, 1.807) is 30.3 Å². The topological polar surface area (TPSA) is 88.5 Å². The maximum Gasteiger partial charge on any atom is 0.265 e. The summed E-state index contributed by atoms with van der Waals surface area (Å²) in [6.07, 6.45) is 0. The van der Waals surface area contributed by atoms with E-state index in [2.05, 4.69) is 26.5 Å². The van der Waals surface area contributed by atoms with Crippen LogP contribution in [0.5, 0.6) is 0 Å². The van der Waals surface area contributed by atoms with E-state index >= 15 is 0 Å². The van der Waals surface area contributed by atoms with Gasteiger partial charge in [0.1, 0.15) is 0 Å². The Morgan fingerprint density at radius 1 is 0.879 bits per heavy atom. The molecular weight excluding hydrogens is 434 g/mol. The van der Waals surface area contributed by atoms with Gasteiger partial charge in [0.15, 0.2) is 0 Å². The number of thiophene rings is 1. The highest BCUT2D eigenvalue weighted by Crippen LogP contribution is 2.17. The van der Waals surface area contributed by atoms with Gasteiger partial charge < -0.3 is 10.6 Å². The molecular formula is C25H25N5O2S. The van der Waals surface area contributed by atoms with Gasteiger partial charge >= 0.3 is 0 Å². The Morgan fingerprint density at radius 3 is 2.12 bits per heavy atom. The van der Waals surface area contributed by atoms with Gasteiger partial charge in [-0.2, -0.15) is 5.26 Å². The van der Waals surface area contributed by atoms with Crippen molar-refractivity contribution in [2.24, 2.45) is 0 Å². The molecule has 168 valence electrons. The number of amides is 2. The highest BCUT2D eigenvalue weighted by molar-refractivity contribution is 7.12. The van der Waals surface area contributed by atoms with Crippen molar-refractivity contribution in [3.05, 3.63) is 82.0 Å². The average Bonchev–Trinajstić information content (AvgIpc) is 3.37. The second-order valence-corrected chi connectivity index (χ2v) is 8.87. The molecule has 0 radical (unpaired) electrons. The van der Waals surface area contributed by atoms with Crippen LogP contribution in [0.1, 0.15) is 20.8 Å². The molecule has 0 bridgehead atoms. The maximum atomic E-state index is 12.5. The lowest BCUT2D eigenvalue weighted by Gasteiger charge is -2.34. The fraction of sp³-hybridized carbons (Fsp3) is 0.240. The molecule has 4 rings (SSSR count). The molecule has 0 aliphatic carbocycles. The Labute approximate surface area is 197 Å². The largest absolute Gasteiger partial charge is 0.325 e. The molecule has 7 nitrogen and oxygen atoms in total. The van der Waals surface area contributed by atoms with Crippen LogP contribution in [-0.4, -0.2) is 54.3 Å². The van der Waals surface area contributed by atoms with Gasteiger partial charge in [0.2, 0.25) is 5.91 Å². The Bertz CT molecular complexity index is 1110. The highest BCUT2D eigenvalue weighted by atomic mass is 32.1. The number of nitrogens with one attached hydrogen (secondary N) is 2. The number of nitrogens with zero attached hydrogens (tertiary/aromatic N) is 3. The maximum absolute atomic E-state index is 12.5. The highest BCUT2D eigenvalue weighted by Gasteiger charge is 2.19. The second-order valence-electron chi connectivity index (χ2n) is 7.92. The summed E-state index contributed by atoms with van der Waals surface area (Å²) in [5, 5.41) is 16.5. The summed E-state index contributed by atoms with van der Waals surface area (Å²) in [6, 6.07) is 20.6. The first-order valence-corrected chi connectivity index (χ1v) is 11.7. The van der Waals surface area contributed by atoms with Crippen LogP contribution in [0.4, 0.5) is 11.4 Å². The van der Waals surface area contributed by atoms with Crippen molar-refractivity contribution in [3.63, 3.8) is 0 Å². The Kier molecular flexibility index (Phi) is 7.47. The molecule has 2 amide bonds. The summed E-state index contributed by atoms with van der Waals surface area (Å²) in [4.78, 5) is 29.8. The lowest BCUT2D eigenvalue weighted by atomic mass is 10.1. The number of rotatable bonds is 7. The predicted molar refractivity (Wildman–Crippen MR) is 130 cm³/mol. The van der Waals surface area contributed by atoms with E-state index in [4.69, 9.17) is 5.26 Å². The van der Waals surface area contributed by atoms with Crippen LogP contribution in [0.15, 0.2) is 66.0 Å². The average molecular weight is 460 g/mol. The third-order valence-electron chi connectivity index (χ3n) is 5.49. The van der Waals surface area contributed by atoms with E-state index in [1.165, 1.54) is 16.9 Å². The van der Waals surface area contributed by atoms with Crippen LogP contribution in [0.25, 0.3) is 0 Å². The number of anilines is 2. The van der Waals surface area contributed by atoms with Crippen LogP contribution >= 0.6 is 11.3 Å². The molecule has 1 aliphatic rings. The molecule has 33 heavy (non-hydrogen) atoms. The van der Waals surface area contributed by atoms with Crippen LogP contribution in [0.3, 0.4) is 0 Å². The molecule has 0 saturated carbocycles. The first kappa shape index (κ1) is 22.7. The number of hydrogen-bond acceptors (Lipinski definition) is 6. The minimum atomic E-state index is -0.139. The molecule has 0 spiro atoms. The van der Waals surface area contributed by atoms with E-state index in [0.29, 0.717) is 28.4 Å². The van der Waals surface area contributed by atoms with Gasteiger partial charge in [-0.1, -0.05) is 18.2 Å². The van der Waals surface area contributed by atoms with E-state index in [0.717, 1.165) is 32.7 Å². The van der Waals surface area contributed by atoms with Crippen molar-refractivity contribution in [2.75, 3.05) is 43.4 Å². The minimum absolute atomic E-state index is 0.0501. The Balaban J connectivity index is 1.19. The third-order valence-corrected chi connectivity index (χ3v) is 6.36. The quantitative estimate of drug-likeness (QED) is 0.563. The normalized spacial score (nSPS) is 14.4. The van der Waals surface area contributed by atoms with Gasteiger partial charge in [-0.3, -0.25) is 19.4 Å². The van der Waals surface area contributed by atoms with Crippen molar-refractivity contribution >= 4 is 34.5 Å². The monoisotopic (exact) mass is 459 g/mol. The van der Waals surface area contributed by atoms with E-state index < -0.39 is 0 Å². The van der Waals surface area contributed by atoms with Gasteiger partial charge in [-0.25, -0.2) is 0 Å². The molecule has 2 N–H and O–H groups in total. The number of nitriles is 1. The zero-order valence-electron chi connectivity index (χ0n) is 18.2. The van der Waals surface area contributed by atoms with Crippen LogP contribution in [0, 0.1) is 11.3 Å². The SMILES string of the molecule is N#Cc1ccc(CN2CCN(CC(=O)Nc3ccc(NC(=O)c4cccs4)cc3)CC2)cc1. The third kappa shape index (κ3) is 6.49. The zero-order chi connectivity index (χ0) is 23.0. The lowest BCUT2D eigenvalue weighted by molar-refractivity contribution is -0.117. The molecule has 0 unspecified atom stereocenters. The lowest BCUT2D eigenvalue weighted by Crippen LogP contribution is -2.48. The van der Waals surface area contributed by atoms with Gasteiger partial charge in [-0.05, 0) is 53.4 Å². The Hall–Kier alpha value is -3.51. The molecule has 1 saturated heterocycles. The fourth-order valence-corrected chi connectivity index (χ4v) is 4.31. The smallest absolute Gasteiger partial charge is 0.265 e. The van der Waals surface area contributed by atoms with E-state index in [1.807, 2.05) is 35.7 Å². The first-order chi connectivity index (χ1) is 16.1. The summed E-state index contributed by atoms with van der Waals surface area (Å²) in [5.74, 6) is -0.189. The van der Waals surface area contributed by atoms with Crippen molar-refractivity contribution in [2.45, 2.75) is 6.54 Å². The molecule has 0 atom stereocenters. The molecule has 3 aromatic rings. The van der Waals surface area contributed by atoms with Crippen molar-refractivity contribution in [1.29, 1.82) is 5.26 Å². The molecule has 8 heteroatoms. The van der Waals surface area contributed by atoms with E-state index in [9.17, 15) is 9.59 Å². The molecule has 2 aromatic carbocycles. The van der Waals surface area contributed by atoms with E-state index in [-0.39, 0.29) is 11.8 Å². The molecule has 1 aromatic heterocycles. The van der Waals surface area contributed by atoms with Crippen LogP contribution < -0.4 is 10.6 Å². The second kappa shape index (κ2) is 10.9. The summed E-state index contributed by atoms with van der Waals surface area (Å²) >= 11 is 1.39. The summed E-state index contributed by atoms with van der Waals surface area (Å²) < 4.78 is 0. The molecule has 2 heterocycles. The standard InChI is InChI=1S/C25H25N5O2S/c26-16-19-3-5-20(6-4-19)17-29-11-13-30(14-12-29)18-24(31)27-21-7-9-22(10-8-21)28-25(32)23-2-1-15-33-23/h1-10,15H,11-14,17-18H2,(H,27,31)(H,28,32). The molecule has 1 fully saturated rings. The fourth-order valence-electron chi connectivity index (χ4n) is 3.69.